The second kappa shape index (κ2) is 5.16. The smallest absolute Gasteiger partial charge is 0.138 e. The van der Waals surface area contributed by atoms with Gasteiger partial charge < -0.3 is 0 Å². The van der Waals surface area contributed by atoms with E-state index in [1.807, 2.05) is 17.5 Å². The molecule has 3 heterocycles. The normalized spacial score (nSPS) is 11.8. The zero-order valence-electron chi connectivity index (χ0n) is 13.9. The molecule has 26 heavy (non-hydrogen) atoms. The number of nitrogens with zero attached hydrogens (tertiary/aromatic N) is 2. The van der Waals surface area contributed by atoms with Gasteiger partial charge in [0.25, 0.3) is 0 Å². The van der Waals surface area contributed by atoms with Gasteiger partial charge in [0.05, 0.1) is 11.0 Å². The minimum Gasteiger partial charge on any atom is -0.294 e. The van der Waals surface area contributed by atoms with Crippen LogP contribution in [-0.4, -0.2) is 9.55 Å². The molecule has 3 aromatic carbocycles. The van der Waals surface area contributed by atoms with Crippen molar-refractivity contribution >= 4 is 54.0 Å². The summed E-state index contributed by atoms with van der Waals surface area (Å²) in [4.78, 5) is 4.78. The van der Waals surface area contributed by atoms with Gasteiger partial charge in [0.15, 0.2) is 0 Å². The molecule has 6 aromatic rings. The van der Waals surface area contributed by atoms with Crippen molar-refractivity contribution in [2.45, 2.75) is 0 Å². The van der Waals surface area contributed by atoms with Gasteiger partial charge in [-0.3, -0.25) is 4.57 Å². The molecule has 0 saturated heterocycles. The third kappa shape index (κ3) is 1.83. The Hall–Kier alpha value is -3.17. The molecule has 0 unspecified atom stereocenters. The molecule has 0 aliphatic carbocycles. The Morgan fingerprint density at radius 1 is 0.731 bits per heavy atom. The van der Waals surface area contributed by atoms with Crippen molar-refractivity contribution in [3.05, 3.63) is 84.4 Å². The first-order valence-corrected chi connectivity index (χ1v) is 9.53. The van der Waals surface area contributed by atoms with Gasteiger partial charge in [-0.2, -0.15) is 0 Å². The van der Waals surface area contributed by atoms with Crippen LogP contribution < -0.4 is 0 Å². The van der Waals surface area contributed by atoms with Crippen molar-refractivity contribution in [3.63, 3.8) is 0 Å². The van der Waals surface area contributed by atoms with E-state index in [0.29, 0.717) is 0 Å². The summed E-state index contributed by atoms with van der Waals surface area (Å²) in [6.07, 6.45) is 1.97. The van der Waals surface area contributed by atoms with Gasteiger partial charge in [-0.15, -0.1) is 11.3 Å². The molecule has 3 heteroatoms. The van der Waals surface area contributed by atoms with Gasteiger partial charge in [-0.05, 0) is 40.4 Å². The number of thiophene rings is 1. The lowest BCUT2D eigenvalue weighted by molar-refractivity contribution is 1.09. The fourth-order valence-electron chi connectivity index (χ4n) is 3.92. The van der Waals surface area contributed by atoms with Gasteiger partial charge >= 0.3 is 0 Å². The third-order valence-corrected chi connectivity index (χ3v) is 6.05. The van der Waals surface area contributed by atoms with Gasteiger partial charge in [0.1, 0.15) is 5.82 Å². The maximum atomic E-state index is 4.78. The fraction of sp³-hybridized carbons (Fsp3) is 0. The third-order valence-electron chi connectivity index (χ3n) is 5.10. The number of aromatic nitrogens is 2. The molecule has 0 saturated carbocycles. The molecule has 0 aliphatic heterocycles. The highest BCUT2D eigenvalue weighted by molar-refractivity contribution is 7.18. The number of hydrogen-bond donors (Lipinski definition) is 0. The average Bonchev–Trinajstić information content (AvgIpc) is 3.29. The maximum Gasteiger partial charge on any atom is 0.138 e. The Morgan fingerprint density at radius 3 is 2.54 bits per heavy atom. The largest absolute Gasteiger partial charge is 0.294 e. The summed E-state index contributed by atoms with van der Waals surface area (Å²) in [5.74, 6) is 0.964. The van der Waals surface area contributed by atoms with Crippen molar-refractivity contribution in [1.29, 1.82) is 0 Å². The molecule has 0 bridgehead atoms. The van der Waals surface area contributed by atoms with Gasteiger partial charge in [-0.1, -0.05) is 48.5 Å². The first-order valence-electron chi connectivity index (χ1n) is 8.65. The number of hydrogen-bond acceptors (Lipinski definition) is 2. The summed E-state index contributed by atoms with van der Waals surface area (Å²) in [5.41, 5.74) is 2.41. The number of benzene rings is 3. The lowest BCUT2D eigenvalue weighted by Crippen LogP contribution is -1.96. The topological polar surface area (TPSA) is 17.8 Å². The lowest BCUT2D eigenvalue weighted by Gasteiger charge is -2.08. The van der Waals surface area contributed by atoms with Crippen LogP contribution in [0, 0.1) is 0 Å². The first-order chi connectivity index (χ1) is 12.9. The number of para-hydroxylation sites is 1. The Bertz CT molecular complexity index is 1440. The standard InChI is InChI=1S/C23H14N2S/c1-2-6-17-14-24-21(13-16(17)5-1)25-19-8-4-3-7-18(19)22-20(25)10-9-15-11-12-26-23(15)22/h1-14H. The Labute approximate surface area is 153 Å². The Balaban J connectivity index is 1.81. The first kappa shape index (κ1) is 14.0. The Morgan fingerprint density at radius 2 is 1.58 bits per heavy atom. The number of rotatable bonds is 1. The molecule has 0 fully saturated rings. The summed E-state index contributed by atoms with van der Waals surface area (Å²) in [6.45, 7) is 0. The van der Waals surface area contributed by atoms with E-state index >= 15 is 0 Å². The quantitative estimate of drug-likeness (QED) is 0.329. The molecule has 0 spiro atoms. The van der Waals surface area contributed by atoms with Gasteiger partial charge in [0, 0.05) is 27.1 Å². The van der Waals surface area contributed by atoms with E-state index in [9.17, 15) is 0 Å². The summed E-state index contributed by atoms with van der Waals surface area (Å²) in [5, 5.41) is 8.45. The molecule has 0 N–H and O–H groups in total. The monoisotopic (exact) mass is 350 g/mol. The predicted octanol–water partition coefficient (Wildman–Crippen LogP) is 6.55. The number of fused-ring (bicyclic) bond motifs is 6. The predicted molar refractivity (Wildman–Crippen MR) is 111 cm³/mol. The van der Waals surface area contributed by atoms with Crippen molar-refractivity contribution in [2.75, 3.05) is 0 Å². The van der Waals surface area contributed by atoms with Crippen LogP contribution >= 0.6 is 11.3 Å². The van der Waals surface area contributed by atoms with Crippen LogP contribution in [-0.2, 0) is 0 Å². The highest BCUT2D eigenvalue weighted by Gasteiger charge is 2.15. The van der Waals surface area contributed by atoms with E-state index in [0.717, 1.165) is 11.2 Å². The molecule has 0 aliphatic rings. The van der Waals surface area contributed by atoms with Crippen molar-refractivity contribution in [1.82, 2.24) is 9.55 Å². The highest BCUT2D eigenvalue weighted by Crippen LogP contribution is 2.38. The molecule has 0 radical (unpaired) electrons. The van der Waals surface area contributed by atoms with E-state index in [-0.39, 0.29) is 0 Å². The minimum absolute atomic E-state index is 0.964. The van der Waals surface area contributed by atoms with E-state index in [1.165, 1.54) is 37.3 Å². The SMILES string of the molecule is c1ccc2cc(-n3c4ccccc4c4c5sccc5ccc43)ncc2c1. The number of pyridine rings is 1. The van der Waals surface area contributed by atoms with Crippen molar-refractivity contribution in [2.24, 2.45) is 0 Å². The van der Waals surface area contributed by atoms with Crippen LogP contribution in [0.5, 0.6) is 0 Å². The lowest BCUT2D eigenvalue weighted by atomic mass is 10.1. The molecular weight excluding hydrogens is 336 g/mol. The van der Waals surface area contributed by atoms with Crippen molar-refractivity contribution < 1.29 is 0 Å². The molecular formula is C23H14N2S. The molecule has 2 nitrogen and oxygen atoms in total. The van der Waals surface area contributed by atoms with E-state index < -0.39 is 0 Å². The summed E-state index contributed by atoms with van der Waals surface area (Å²) < 4.78 is 3.63. The molecule has 0 amide bonds. The van der Waals surface area contributed by atoms with Gasteiger partial charge in [0.2, 0.25) is 0 Å². The van der Waals surface area contributed by atoms with Crippen LogP contribution in [0.15, 0.2) is 84.4 Å². The molecule has 6 rings (SSSR count). The highest BCUT2D eigenvalue weighted by atomic mass is 32.1. The zero-order chi connectivity index (χ0) is 17.1. The van der Waals surface area contributed by atoms with E-state index in [4.69, 9.17) is 4.98 Å². The second-order valence-electron chi connectivity index (χ2n) is 6.54. The average molecular weight is 350 g/mol. The Kier molecular flexibility index (Phi) is 2.79. The maximum absolute atomic E-state index is 4.78. The summed E-state index contributed by atoms with van der Waals surface area (Å²) in [6, 6.07) is 25.8. The molecule has 3 aromatic heterocycles. The zero-order valence-corrected chi connectivity index (χ0v) is 14.7. The van der Waals surface area contributed by atoms with E-state index in [1.54, 1.807) is 0 Å². The van der Waals surface area contributed by atoms with E-state index in [2.05, 4.69) is 82.7 Å². The summed E-state index contributed by atoms with van der Waals surface area (Å²) in [7, 11) is 0. The van der Waals surface area contributed by atoms with Crippen LogP contribution in [0.4, 0.5) is 0 Å². The van der Waals surface area contributed by atoms with Crippen molar-refractivity contribution in [3.8, 4) is 5.82 Å². The van der Waals surface area contributed by atoms with Crippen LogP contribution in [0.2, 0.25) is 0 Å². The second-order valence-corrected chi connectivity index (χ2v) is 7.46. The van der Waals surface area contributed by atoms with Crippen LogP contribution in [0.25, 0.3) is 48.5 Å². The van der Waals surface area contributed by atoms with Crippen LogP contribution in [0.1, 0.15) is 0 Å². The minimum atomic E-state index is 0.964. The summed E-state index contributed by atoms with van der Waals surface area (Å²) >= 11 is 1.81. The fourth-order valence-corrected chi connectivity index (χ4v) is 4.87. The van der Waals surface area contributed by atoms with Crippen LogP contribution in [0.3, 0.4) is 0 Å². The molecule has 122 valence electrons. The van der Waals surface area contributed by atoms with Gasteiger partial charge in [-0.25, -0.2) is 4.98 Å². The molecule has 0 atom stereocenters.